The van der Waals surface area contributed by atoms with E-state index in [1.54, 1.807) is 19.1 Å². The van der Waals surface area contributed by atoms with Gasteiger partial charge in [-0.3, -0.25) is 4.79 Å². The van der Waals surface area contributed by atoms with E-state index in [1.165, 1.54) is 0 Å². The summed E-state index contributed by atoms with van der Waals surface area (Å²) < 4.78 is 11.2. The first-order valence-corrected chi connectivity index (χ1v) is 13.9. The number of amides is 2. The van der Waals surface area contributed by atoms with Crippen LogP contribution < -0.4 is 15.0 Å². The molecule has 1 unspecified atom stereocenters. The molecule has 1 saturated heterocycles. The van der Waals surface area contributed by atoms with Gasteiger partial charge in [0.2, 0.25) is 5.91 Å². The van der Waals surface area contributed by atoms with E-state index >= 15 is 0 Å². The summed E-state index contributed by atoms with van der Waals surface area (Å²) in [4.78, 5) is 27.0. The Morgan fingerprint density at radius 1 is 1.14 bits per heavy atom. The maximum Gasteiger partial charge on any atom is 0.407 e. The molecule has 1 N–H and O–H groups in total. The van der Waals surface area contributed by atoms with E-state index in [2.05, 4.69) is 45.2 Å². The highest BCUT2D eigenvalue weighted by Crippen LogP contribution is 2.37. The third kappa shape index (κ3) is 8.00. The van der Waals surface area contributed by atoms with Gasteiger partial charge in [-0.1, -0.05) is 69.0 Å². The number of carbonyl (C=O) groups is 2. The van der Waals surface area contributed by atoms with Gasteiger partial charge in [0.1, 0.15) is 16.9 Å². The Balaban J connectivity index is 1.87. The number of halogens is 1. The van der Waals surface area contributed by atoms with Gasteiger partial charge < -0.3 is 19.7 Å². The average Bonchev–Trinajstić information content (AvgIpc) is 2.87. The first kappa shape index (κ1) is 29.1. The highest BCUT2D eigenvalue weighted by molar-refractivity contribution is 6.35. The van der Waals surface area contributed by atoms with Gasteiger partial charge in [0.15, 0.2) is 0 Å². The molecule has 0 aromatic heterocycles. The third-order valence-corrected chi connectivity index (χ3v) is 8.38. The molecule has 2 amide bonds. The minimum Gasteiger partial charge on any atom is -0.495 e. The Morgan fingerprint density at radius 3 is 2.62 bits per heavy atom. The van der Waals surface area contributed by atoms with Gasteiger partial charge in [-0.25, -0.2) is 4.79 Å². The Bertz CT molecular complexity index is 1020. The number of ether oxygens (including phenoxy) is 2. The minimum absolute atomic E-state index is 0.0446. The molecule has 1 aromatic rings. The molecule has 4 bridgehead atoms. The van der Waals surface area contributed by atoms with Gasteiger partial charge in [0, 0.05) is 25.9 Å². The fourth-order valence-corrected chi connectivity index (χ4v) is 5.50. The fraction of sp³-hybridized carbons (Fsp3) is 0.600. The molecule has 204 valence electrons. The van der Waals surface area contributed by atoms with Crippen LogP contribution in [0.1, 0.15) is 71.8 Å². The van der Waals surface area contributed by atoms with Crippen LogP contribution in [0, 0.1) is 17.8 Å². The number of hydrogen-bond acceptors (Lipinski definition) is 4. The summed E-state index contributed by atoms with van der Waals surface area (Å²) in [6.45, 7) is 8.72. The van der Waals surface area contributed by atoms with Crippen LogP contribution in [-0.4, -0.2) is 38.3 Å². The minimum atomic E-state index is -0.317. The molecule has 1 aromatic carbocycles. The van der Waals surface area contributed by atoms with Gasteiger partial charge in [-0.05, 0) is 61.6 Å². The number of nitrogens with zero attached hydrogens (tertiary/aromatic N) is 1. The molecule has 6 nitrogen and oxygen atoms in total. The van der Waals surface area contributed by atoms with Crippen molar-refractivity contribution in [3.8, 4) is 5.75 Å². The number of rotatable bonds is 1. The van der Waals surface area contributed by atoms with Crippen molar-refractivity contribution in [1.82, 2.24) is 5.32 Å². The Hall–Kier alpha value is -2.47. The summed E-state index contributed by atoms with van der Waals surface area (Å²) in [5.41, 5.74) is 2.87. The topological polar surface area (TPSA) is 67.9 Å². The third-order valence-electron chi connectivity index (χ3n) is 8.00. The van der Waals surface area contributed by atoms with Gasteiger partial charge in [-0.15, -0.1) is 0 Å². The largest absolute Gasteiger partial charge is 0.495 e. The number of carbonyl (C=O) groups excluding carboxylic acids is 2. The molecular weight excluding hydrogens is 488 g/mol. The number of allylic oxidation sites excluding steroid dienone is 3. The number of hydrogen-bond donors (Lipinski definition) is 1. The van der Waals surface area contributed by atoms with Crippen molar-refractivity contribution in [2.75, 3.05) is 19.1 Å². The van der Waals surface area contributed by atoms with Crippen molar-refractivity contribution in [3.63, 3.8) is 0 Å². The zero-order chi connectivity index (χ0) is 27.1. The molecular formula is C30H43ClN2O4. The second kappa shape index (κ2) is 13.4. The zero-order valence-electron chi connectivity index (χ0n) is 23.2. The smallest absolute Gasteiger partial charge is 0.407 e. The Labute approximate surface area is 227 Å². The quantitative estimate of drug-likeness (QED) is 0.420. The lowest BCUT2D eigenvalue weighted by molar-refractivity contribution is -0.118. The molecule has 7 heteroatoms. The summed E-state index contributed by atoms with van der Waals surface area (Å²) in [6.07, 6.45) is 11.5. The van der Waals surface area contributed by atoms with Crippen LogP contribution in [0.15, 0.2) is 35.9 Å². The van der Waals surface area contributed by atoms with Gasteiger partial charge >= 0.3 is 6.09 Å². The predicted octanol–water partition coefficient (Wildman–Crippen LogP) is 7.10. The molecule has 0 saturated carbocycles. The number of fused-ring (bicyclic) bond motifs is 4. The molecule has 2 aliphatic heterocycles. The second-order valence-corrected chi connectivity index (χ2v) is 11.4. The Kier molecular flexibility index (Phi) is 10.5. The summed E-state index contributed by atoms with van der Waals surface area (Å²) in [5.74, 6) is 1.72. The molecule has 3 rings (SSSR count). The first-order chi connectivity index (χ1) is 17.6. The molecule has 37 heavy (non-hydrogen) atoms. The molecule has 1 fully saturated rings. The van der Waals surface area contributed by atoms with Crippen LogP contribution in [0.25, 0.3) is 0 Å². The van der Waals surface area contributed by atoms with E-state index in [9.17, 15) is 9.59 Å². The second-order valence-electron chi connectivity index (χ2n) is 11.0. The number of anilines is 1. The van der Waals surface area contributed by atoms with E-state index in [1.807, 2.05) is 18.2 Å². The lowest BCUT2D eigenvalue weighted by atomic mass is 9.82. The van der Waals surface area contributed by atoms with Crippen molar-refractivity contribution in [3.05, 3.63) is 46.5 Å². The summed E-state index contributed by atoms with van der Waals surface area (Å²) >= 11 is 6.63. The highest BCUT2D eigenvalue weighted by atomic mass is 35.5. The van der Waals surface area contributed by atoms with E-state index in [0.717, 1.165) is 43.2 Å². The van der Waals surface area contributed by atoms with Gasteiger partial charge in [-0.2, -0.15) is 0 Å². The summed E-state index contributed by atoms with van der Waals surface area (Å²) in [5, 5.41) is 3.43. The fourth-order valence-electron chi connectivity index (χ4n) is 5.19. The maximum absolute atomic E-state index is 13.1. The van der Waals surface area contributed by atoms with Gasteiger partial charge in [0.25, 0.3) is 0 Å². The van der Waals surface area contributed by atoms with Crippen molar-refractivity contribution in [1.29, 1.82) is 0 Å². The maximum atomic E-state index is 13.1. The average molecular weight is 531 g/mol. The van der Waals surface area contributed by atoms with Crippen molar-refractivity contribution < 1.29 is 19.1 Å². The van der Waals surface area contributed by atoms with Gasteiger partial charge in [0.05, 0.1) is 12.8 Å². The number of benzene rings is 1. The molecule has 2 aliphatic rings. The van der Waals surface area contributed by atoms with Crippen LogP contribution in [0.3, 0.4) is 0 Å². The van der Waals surface area contributed by atoms with E-state index in [4.69, 9.17) is 21.1 Å². The van der Waals surface area contributed by atoms with Crippen molar-refractivity contribution >= 4 is 29.3 Å². The van der Waals surface area contributed by atoms with Crippen LogP contribution >= 0.6 is 11.6 Å². The van der Waals surface area contributed by atoms with Crippen LogP contribution in [0.4, 0.5) is 10.5 Å². The Morgan fingerprint density at radius 2 is 1.89 bits per heavy atom. The molecule has 5 atom stereocenters. The lowest BCUT2D eigenvalue weighted by Crippen LogP contribution is -2.48. The van der Waals surface area contributed by atoms with Crippen LogP contribution in [0.5, 0.6) is 5.75 Å². The molecule has 0 aliphatic carbocycles. The summed E-state index contributed by atoms with van der Waals surface area (Å²) in [6, 6.07) is 3.99. The molecule has 0 radical (unpaired) electrons. The highest BCUT2D eigenvalue weighted by Gasteiger charge is 2.33. The number of alkyl carbamates (subject to hydrolysis) is 1. The predicted molar refractivity (Wildman–Crippen MR) is 150 cm³/mol. The summed E-state index contributed by atoms with van der Waals surface area (Å²) in [7, 11) is 3.38. The normalized spacial score (nSPS) is 30.7. The monoisotopic (exact) mass is 530 g/mol. The zero-order valence-corrected chi connectivity index (χ0v) is 23.9. The van der Waals surface area contributed by atoms with Crippen LogP contribution in [-0.2, 0) is 16.0 Å². The first-order valence-electron chi connectivity index (χ1n) is 13.5. The van der Waals surface area contributed by atoms with E-state index in [0.29, 0.717) is 41.1 Å². The molecule has 0 spiro atoms. The van der Waals surface area contributed by atoms with E-state index < -0.39 is 0 Å². The number of methoxy groups -OCH3 is 1. The lowest BCUT2D eigenvalue weighted by Gasteiger charge is -2.35. The molecule has 2 heterocycles. The van der Waals surface area contributed by atoms with Crippen molar-refractivity contribution in [2.45, 2.75) is 84.8 Å². The SMILES string of the molecule is COc1cc2cc(c1Cl)N(C)C(=O)CC[C@H](C)CC[C@@H](C)[C@H](C)[C@@H]1CC(C/C=C/C=C(\C)C2)NC(=O)O1. The standard InChI is InChI=1S/C30H43ClN2O4/c1-19-11-13-21(3)22(4)26-18-24(32-30(35)37-26)10-8-7-9-20(2)15-23-16-25(29(31)27(17-23)36-6)33(5)28(34)14-12-19/h7-9,16-17,19,21-22,24,26H,10-15,18H2,1-6H3,(H,32,35)/b8-7+,20-9+/t19-,21-,22+,24?,26+/m1/s1. The number of nitrogens with one attached hydrogen (secondary N) is 1. The van der Waals surface area contributed by atoms with Crippen molar-refractivity contribution in [2.24, 2.45) is 17.8 Å². The van der Waals surface area contributed by atoms with Crippen LogP contribution in [0.2, 0.25) is 5.02 Å². The van der Waals surface area contributed by atoms with E-state index in [-0.39, 0.29) is 30.1 Å².